The highest BCUT2D eigenvalue weighted by Crippen LogP contribution is 2.16. The Balaban J connectivity index is 2.71. The maximum Gasteiger partial charge on any atom is 0.212 e. The van der Waals surface area contributed by atoms with Crippen LogP contribution < -0.4 is 4.74 Å². The third-order valence-corrected chi connectivity index (χ3v) is 2.12. The highest BCUT2D eigenvalue weighted by Gasteiger charge is 2.09. The summed E-state index contributed by atoms with van der Waals surface area (Å²) in [6.45, 7) is 6.91. The molecule has 0 saturated carbocycles. The normalized spacial score (nSPS) is 12.2. The van der Waals surface area contributed by atoms with E-state index in [1.165, 1.54) is 5.56 Å². The Morgan fingerprint density at radius 2 is 2.29 bits per heavy atom. The van der Waals surface area contributed by atoms with Gasteiger partial charge in [-0.1, -0.05) is 13.0 Å². The number of nitrogens with zero attached hydrogens (tertiary/aromatic N) is 2. The molecular weight excluding hydrogens is 176 g/mol. The highest BCUT2D eigenvalue weighted by atomic mass is 16.5. The average molecular weight is 193 g/mol. The lowest BCUT2D eigenvalue weighted by atomic mass is 10.0. The van der Waals surface area contributed by atoms with Crippen LogP contribution >= 0.6 is 0 Å². The summed E-state index contributed by atoms with van der Waals surface area (Å²) in [5, 5.41) is 0. The van der Waals surface area contributed by atoms with E-state index in [2.05, 4.69) is 18.6 Å². The Hall–Kier alpha value is -1.38. The fourth-order valence-electron chi connectivity index (χ4n) is 1.38. The molecule has 0 saturated heterocycles. The second-order valence-electron chi connectivity index (χ2n) is 3.57. The maximum atomic E-state index is 5.00. The number of hydrogen-bond donors (Lipinski definition) is 0. The Kier molecular flexibility index (Phi) is 3.63. The van der Waals surface area contributed by atoms with Crippen LogP contribution in [0.5, 0.6) is 5.88 Å². The summed E-state index contributed by atoms with van der Waals surface area (Å²) in [4.78, 5) is 4.16. The molecule has 0 aromatic carbocycles. The van der Waals surface area contributed by atoms with Crippen LogP contribution in [0.1, 0.15) is 18.4 Å². The van der Waals surface area contributed by atoms with Crippen molar-refractivity contribution in [3.8, 4) is 5.88 Å². The van der Waals surface area contributed by atoms with E-state index in [0.717, 1.165) is 6.54 Å². The molecule has 3 heteroatoms. The molecule has 1 atom stereocenters. The number of pyridine rings is 1. The molecule has 1 heterocycles. The number of likely N-dealkylation sites (N-methyl/N-ethyl adjacent to an activating group) is 1. The third-order valence-electron chi connectivity index (χ3n) is 2.12. The molecular formula is C11H17N2O+. The molecule has 76 valence electrons. The van der Waals surface area contributed by atoms with Crippen molar-refractivity contribution in [2.24, 2.45) is 0 Å². The van der Waals surface area contributed by atoms with Crippen molar-refractivity contribution >= 4 is 6.72 Å². The Labute approximate surface area is 85.1 Å². The molecule has 3 nitrogen and oxygen atoms in total. The van der Waals surface area contributed by atoms with Crippen molar-refractivity contribution in [3.63, 3.8) is 0 Å². The van der Waals surface area contributed by atoms with Gasteiger partial charge in [0, 0.05) is 18.2 Å². The minimum absolute atomic E-state index is 0.441. The summed E-state index contributed by atoms with van der Waals surface area (Å²) in [7, 11) is 3.59. The van der Waals surface area contributed by atoms with Crippen molar-refractivity contribution in [3.05, 3.63) is 23.9 Å². The summed E-state index contributed by atoms with van der Waals surface area (Å²) < 4.78 is 6.92. The van der Waals surface area contributed by atoms with Gasteiger partial charge in [-0.05, 0) is 5.56 Å². The number of hydrogen-bond acceptors (Lipinski definition) is 2. The van der Waals surface area contributed by atoms with Crippen molar-refractivity contribution in [1.82, 2.24) is 4.98 Å². The molecule has 1 aromatic heterocycles. The van der Waals surface area contributed by atoms with Crippen LogP contribution in [0.25, 0.3) is 0 Å². The van der Waals surface area contributed by atoms with Gasteiger partial charge in [-0.25, -0.2) is 9.56 Å². The first-order chi connectivity index (χ1) is 6.63. The Bertz CT molecular complexity index is 306. The number of aromatic nitrogens is 1. The minimum Gasteiger partial charge on any atom is -0.481 e. The molecule has 1 aromatic rings. The quantitative estimate of drug-likeness (QED) is 0.535. The molecule has 0 radical (unpaired) electrons. The predicted molar refractivity (Wildman–Crippen MR) is 57.4 cm³/mol. The molecule has 0 spiro atoms. The van der Waals surface area contributed by atoms with Gasteiger partial charge in [0.25, 0.3) is 0 Å². The van der Waals surface area contributed by atoms with Crippen LogP contribution in [0, 0.1) is 0 Å². The van der Waals surface area contributed by atoms with Crippen molar-refractivity contribution in [1.29, 1.82) is 0 Å². The molecule has 0 aliphatic heterocycles. The SMILES string of the molecule is C=[N+](C)CC(C)c1ccc(OC)nc1. The zero-order valence-electron chi connectivity index (χ0n) is 9.03. The van der Waals surface area contributed by atoms with Gasteiger partial charge in [0.15, 0.2) is 0 Å². The lowest BCUT2D eigenvalue weighted by Crippen LogP contribution is -2.11. The van der Waals surface area contributed by atoms with Gasteiger partial charge in [0.2, 0.25) is 5.88 Å². The monoisotopic (exact) mass is 193 g/mol. The van der Waals surface area contributed by atoms with Crippen LogP contribution in [-0.4, -0.2) is 37.0 Å². The summed E-state index contributed by atoms with van der Waals surface area (Å²) in [5.41, 5.74) is 1.21. The Morgan fingerprint density at radius 1 is 1.57 bits per heavy atom. The van der Waals surface area contributed by atoms with Crippen LogP contribution in [0.2, 0.25) is 0 Å². The fourth-order valence-corrected chi connectivity index (χ4v) is 1.38. The summed E-state index contributed by atoms with van der Waals surface area (Å²) in [6, 6.07) is 3.93. The zero-order valence-corrected chi connectivity index (χ0v) is 9.03. The van der Waals surface area contributed by atoms with Gasteiger partial charge in [-0.3, -0.25) is 0 Å². The average Bonchev–Trinajstić information content (AvgIpc) is 2.17. The Morgan fingerprint density at radius 3 is 2.71 bits per heavy atom. The van der Waals surface area contributed by atoms with E-state index in [9.17, 15) is 0 Å². The lowest BCUT2D eigenvalue weighted by Gasteiger charge is -2.08. The topological polar surface area (TPSA) is 25.1 Å². The van der Waals surface area contributed by atoms with E-state index in [-0.39, 0.29) is 0 Å². The summed E-state index contributed by atoms with van der Waals surface area (Å²) >= 11 is 0. The molecule has 1 unspecified atom stereocenters. The van der Waals surface area contributed by atoms with Gasteiger partial charge in [0.1, 0.15) is 20.3 Å². The van der Waals surface area contributed by atoms with E-state index in [4.69, 9.17) is 4.74 Å². The van der Waals surface area contributed by atoms with Crippen molar-refractivity contribution in [2.75, 3.05) is 20.7 Å². The van der Waals surface area contributed by atoms with Gasteiger partial charge >= 0.3 is 0 Å². The second kappa shape index (κ2) is 4.74. The maximum absolute atomic E-state index is 5.00. The molecule has 0 amide bonds. The highest BCUT2D eigenvalue weighted by molar-refractivity contribution is 5.21. The molecule has 0 fully saturated rings. The number of ether oxygens (including phenoxy) is 1. The minimum atomic E-state index is 0.441. The lowest BCUT2D eigenvalue weighted by molar-refractivity contribution is -0.491. The van der Waals surface area contributed by atoms with Crippen LogP contribution in [0.3, 0.4) is 0 Å². The van der Waals surface area contributed by atoms with Crippen molar-refractivity contribution < 1.29 is 9.31 Å². The van der Waals surface area contributed by atoms with Crippen LogP contribution in [0.4, 0.5) is 0 Å². The molecule has 1 rings (SSSR count). The van der Waals surface area contributed by atoms with E-state index >= 15 is 0 Å². The predicted octanol–water partition coefficient (Wildman–Crippen LogP) is 1.54. The van der Waals surface area contributed by atoms with Crippen LogP contribution in [0.15, 0.2) is 18.3 Å². The largest absolute Gasteiger partial charge is 0.481 e. The molecule has 0 aliphatic rings. The van der Waals surface area contributed by atoms with E-state index in [0.29, 0.717) is 11.8 Å². The van der Waals surface area contributed by atoms with Gasteiger partial charge in [-0.15, -0.1) is 0 Å². The van der Waals surface area contributed by atoms with Gasteiger partial charge in [-0.2, -0.15) is 0 Å². The smallest absolute Gasteiger partial charge is 0.212 e. The molecule has 14 heavy (non-hydrogen) atoms. The van der Waals surface area contributed by atoms with Crippen LogP contribution in [-0.2, 0) is 0 Å². The number of rotatable bonds is 4. The molecule has 0 bridgehead atoms. The first-order valence-electron chi connectivity index (χ1n) is 4.65. The summed E-state index contributed by atoms with van der Waals surface area (Å²) in [5.74, 6) is 1.10. The van der Waals surface area contributed by atoms with Crippen molar-refractivity contribution in [2.45, 2.75) is 12.8 Å². The third kappa shape index (κ3) is 2.83. The van der Waals surface area contributed by atoms with E-state index < -0.39 is 0 Å². The fraction of sp³-hybridized carbons (Fsp3) is 0.455. The molecule has 0 N–H and O–H groups in total. The van der Waals surface area contributed by atoms with Gasteiger partial charge < -0.3 is 4.74 Å². The second-order valence-corrected chi connectivity index (χ2v) is 3.57. The number of methoxy groups -OCH3 is 1. The zero-order chi connectivity index (χ0) is 10.6. The first kappa shape index (κ1) is 10.7. The van der Waals surface area contributed by atoms with E-state index in [1.807, 2.05) is 30.0 Å². The molecule has 0 aliphatic carbocycles. The summed E-state index contributed by atoms with van der Waals surface area (Å²) in [6.07, 6.45) is 1.85. The first-order valence-corrected chi connectivity index (χ1v) is 4.65. The van der Waals surface area contributed by atoms with E-state index in [1.54, 1.807) is 7.11 Å². The van der Waals surface area contributed by atoms with Gasteiger partial charge in [0.05, 0.1) is 7.11 Å². The standard InChI is InChI=1S/C11H17N2O/c1-9(8-13(2)3)10-5-6-11(14-4)12-7-10/h5-7,9H,2,8H2,1,3-4H3/q+1.